The molecule has 0 aliphatic heterocycles. The molecule has 20 heavy (non-hydrogen) atoms. The molecule has 5 heteroatoms. The van der Waals surface area contributed by atoms with Crippen molar-refractivity contribution in [3.63, 3.8) is 0 Å². The highest BCUT2D eigenvalue weighted by molar-refractivity contribution is 5.82. The maximum Gasteiger partial charge on any atom is 0.227 e. The first-order valence-corrected chi connectivity index (χ1v) is 6.64. The Bertz CT molecular complexity index is 722. The lowest BCUT2D eigenvalue weighted by Crippen LogP contribution is -2.13. The Morgan fingerprint density at radius 1 is 1.30 bits per heavy atom. The van der Waals surface area contributed by atoms with Crippen molar-refractivity contribution < 1.29 is 4.52 Å². The smallest absolute Gasteiger partial charge is 0.227 e. The van der Waals surface area contributed by atoms with Crippen molar-refractivity contribution in [3.8, 4) is 11.4 Å². The standard InChI is InChI=1S/C15H16N4O/c1-10(9-16)7-14-18-15(19-20-14)12-4-5-13-11(8-12)3-2-6-17-13/h2-6,8,10H,7,9,16H2,1H3. The van der Waals surface area contributed by atoms with E-state index >= 15 is 0 Å². The quantitative estimate of drug-likeness (QED) is 0.786. The molecule has 3 rings (SSSR count). The predicted octanol–water partition coefficient (Wildman–Crippen LogP) is 2.42. The van der Waals surface area contributed by atoms with Crippen molar-refractivity contribution in [2.45, 2.75) is 13.3 Å². The van der Waals surface area contributed by atoms with E-state index in [0.29, 0.717) is 30.6 Å². The van der Waals surface area contributed by atoms with Gasteiger partial charge in [0, 0.05) is 23.6 Å². The predicted molar refractivity (Wildman–Crippen MR) is 77.0 cm³/mol. The highest BCUT2D eigenvalue weighted by Crippen LogP contribution is 2.21. The van der Waals surface area contributed by atoms with Gasteiger partial charge < -0.3 is 10.3 Å². The summed E-state index contributed by atoms with van der Waals surface area (Å²) in [5.74, 6) is 1.57. The van der Waals surface area contributed by atoms with Gasteiger partial charge in [-0.05, 0) is 36.7 Å². The first kappa shape index (κ1) is 12.7. The van der Waals surface area contributed by atoms with E-state index in [2.05, 4.69) is 22.0 Å². The fraction of sp³-hybridized carbons (Fsp3) is 0.267. The van der Waals surface area contributed by atoms with Crippen LogP contribution >= 0.6 is 0 Å². The molecule has 1 atom stereocenters. The molecule has 0 aliphatic carbocycles. The van der Waals surface area contributed by atoms with Crippen molar-refractivity contribution in [2.75, 3.05) is 6.54 Å². The van der Waals surface area contributed by atoms with Crippen LogP contribution in [0.25, 0.3) is 22.3 Å². The van der Waals surface area contributed by atoms with Gasteiger partial charge in [0.05, 0.1) is 5.52 Å². The molecule has 0 radical (unpaired) electrons. The first-order valence-electron chi connectivity index (χ1n) is 6.64. The number of pyridine rings is 1. The van der Waals surface area contributed by atoms with E-state index in [0.717, 1.165) is 16.5 Å². The first-order chi connectivity index (χ1) is 9.76. The molecule has 0 amide bonds. The molecular formula is C15H16N4O. The van der Waals surface area contributed by atoms with Gasteiger partial charge in [-0.3, -0.25) is 4.98 Å². The molecule has 5 nitrogen and oxygen atoms in total. The summed E-state index contributed by atoms with van der Waals surface area (Å²) in [5, 5.41) is 5.10. The average Bonchev–Trinajstić information content (AvgIpc) is 2.95. The normalized spacial score (nSPS) is 12.7. The number of nitrogens with two attached hydrogens (primary N) is 1. The zero-order chi connectivity index (χ0) is 13.9. The lowest BCUT2D eigenvalue weighted by atomic mass is 10.1. The van der Waals surface area contributed by atoms with Gasteiger partial charge in [-0.2, -0.15) is 4.98 Å². The van der Waals surface area contributed by atoms with Gasteiger partial charge in [0.1, 0.15) is 0 Å². The number of hydrogen-bond acceptors (Lipinski definition) is 5. The Kier molecular flexibility index (Phi) is 3.43. The summed E-state index contributed by atoms with van der Waals surface area (Å²) in [4.78, 5) is 8.71. The molecule has 0 spiro atoms. The minimum Gasteiger partial charge on any atom is -0.339 e. The molecule has 0 fully saturated rings. The third kappa shape index (κ3) is 2.53. The number of benzene rings is 1. The second-order valence-electron chi connectivity index (χ2n) is 4.97. The third-order valence-corrected chi connectivity index (χ3v) is 3.25. The van der Waals surface area contributed by atoms with Gasteiger partial charge >= 0.3 is 0 Å². The van der Waals surface area contributed by atoms with E-state index in [1.54, 1.807) is 6.20 Å². The van der Waals surface area contributed by atoms with Crippen molar-refractivity contribution in [1.29, 1.82) is 0 Å². The minimum atomic E-state index is 0.337. The summed E-state index contributed by atoms with van der Waals surface area (Å²) in [5.41, 5.74) is 7.49. The van der Waals surface area contributed by atoms with E-state index in [4.69, 9.17) is 10.3 Å². The van der Waals surface area contributed by atoms with Gasteiger partial charge in [0.25, 0.3) is 0 Å². The summed E-state index contributed by atoms with van der Waals surface area (Å²) in [6, 6.07) is 9.86. The largest absolute Gasteiger partial charge is 0.339 e. The lowest BCUT2D eigenvalue weighted by Gasteiger charge is -2.02. The van der Waals surface area contributed by atoms with Crippen LogP contribution in [0.15, 0.2) is 41.1 Å². The number of fused-ring (bicyclic) bond motifs is 1. The molecule has 3 aromatic rings. The summed E-state index contributed by atoms with van der Waals surface area (Å²) >= 11 is 0. The number of rotatable bonds is 4. The van der Waals surface area contributed by atoms with Crippen molar-refractivity contribution in [2.24, 2.45) is 11.7 Å². The molecule has 0 aliphatic rings. The van der Waals surface area contributed by atoms with E-state index < -0.39 is 0 Å². The zero-order valence-electron chi connectivity index (χ0n) is 11.3. The van der Waals surface area contributed by atoms with Crippen LogP contribution in [0.3, 0.4) is 0 Å². The molecule has 1 unspecified atom stereocenters. The monoisotopic (exact) mass is 268 g/mol. The molecule has 0 saturated carbocycles. The summed E-state index contributed by atoms with van der Waals surface area (Å²) in [6.07, 6.45) is 2.49. The van der Waals surface area contributed by atoms with Gasteiger partial charge in [0.2, 0.25) is 11.7 Å². The number of hydrogen-bond donors (Lipinski definition) is 1. The van der Waals surface area contributed by atoms with Gasteiger partial charge in [-0.1, -0.05) is 18.1 Å². The van der Waals surface area contributed by atoms with Gasteiger partial charge in [-0.15, -0.1) is 0 Å². The summed E-state index contributed by atoms with van der Waals surface area (Å²) in [7, 11) is 0. The van der Waals surface area contributed by atoms with E-state index in [1.165, 1.54) is 0 Å². The highest BCUT2D eigenvalue weighted by Gasteiger charge is 2.11. The second-order valence-corrected chi connectivity index (χ2v) is 4.97. The second kappa shape index (κ2) is 5.38. The maximum atomic E-state index is 5.60. The Morgan fingerprint density at radius 3 is 3.05 bits per heavy atom. The van der Waals surface area contributed by atoms with Crippen LogP contribution in [0.2, 0.25) is 0 Å². The number of nitrogens with zero attached hydrogens (tertiary/aromatic N) is 3. The molecule has 1 aromatic carbocycles. The van der Waals surface area contributed by atoms with Crippen LogP contribution in [0, 0.1) is 5.92 Å². The number of aromatic nitrogens is 3. The minimum absolute atomic E-state index is 0.337. The van der Waals surface area contributed by atoms with Crippen LogP contribution in [-0.4, -0.2) is 21.7 Å². The SMILES string of the molecule is CC(CN)Cc1nc(-c2ccc3ncccc3c2)no1. The molecule has 102 valence electrons. The Morgan fingerprint density at radius 2 is 2.20 bits per heavy atom. The fourth-order valence-electron chi connectivity index (χ4n) is 2.05. The fourth-order valence-corrected chi connectivity index (χ4v) is 2.05. The Balaban J connectivity index is 1.91. The van der Waals surface area contributed by atoms with Crippen molar-refractivity contribution in [3.05, 3.63) is 42.4 Å². The van der Waals surface area contributed by atoms with Crippen LogP contribution in [0.4, 0.5) is 0 Å². The van der Waals surface area contributed by atoms with Crippen LogP contribution in [-0.2, 0) is 6.42 Å². The summed E-state index contributed by atoms with van der Waals surface area (Å²) < 4.78 is 5.27. The molecule has 2 N–H and O–H groups in total. The average molecular weight is 268 g/mol. The van der Waals surface area contributed by atoms with Crippen LogP contribution < -0.4 is 5.73 Å². The zero-order valence-corrected chi connectivity index (χ0v) is 11.3. The molecule has 2 heterocycles. The van der Waals surface area contributed by atoms with Crippen LogP contribution in [0.5, 0.6) is 0 Å². The van der Waals surface area contributed by atoms with Crippen molar-refractivity contribution in [1.82, 2.24) is 15.1 Å². The Hall–Kier alpha value is -2.27. The highest BCUT2D eigenvalue weighted by atomic mass is 16.5. The molecular weight excluding hydrogens is 252 g/mol. The third-order valence-electron chi connectivity index (χ3n) is 3.25. The van der Waals surface area contributed by atoms with Crippen LogP contribution in [0.1, 0.15) is 12.8 Å². The lowest BCUT2D eigenvalue weighted by molar-refractivity contribution is 0.360. The molecule has 0 saturated heterocycles. The van der Waals surface area contributed by atoms with Gasteiger partial charge in [0.15, 0.2) is 0 Å². The molecule has 0 bridgehead atoms. The van der Waals surface area contributed by atoms with Gasteiger partial charge in [-0.25, -0.2) is 0 Å². The molecule has 2 aromatic heterocycles. The maximum absolute atomic E-state index is 5.60. The van der Waals surface area contributed by atoms with E-state index in [9.17, 15) is 0 Å². The summed E-state index contributed by atoms with van der Waals surface area (Å²) in [6.45, 7) is 2.67. The topological polar surface area (TPSA) is 77.8 Å². The van der Waals surface area contributed by atoms with E-state index in [-0.39, 0.29) is 0 Å². The van der Waals surface area contributed by atoms with E-state index in [1.807, 2.05) is 30.3 Å². The van der Waals surface area contributed by atoms with Crippen molar-refractivity contribution >= 4 is 10.9 Å². The Labute approximate surface area is 116 Å².